The quantitative estimate of drug-likeness (QED) is 0.0965. The molecule has 2 saturated carbocycles. The minimum Gasteiger partial charge on any atom is -0.462 e. The zero-order valence-electron chi connectivity index (χ0n) is 26.0. The number of rotatable bonds is 12. The Morgan fingerprint density at radius 3 is 2.02 bits per heavy atom. The number of allylic oxidation sites excluding steroid dienone is 4. The van der Waals surface area contributed by atoms with Crippen LogP contribution in [0.1, 0.15) is 89.5 Å². The van der Waals surface area contributed by atoms with Crippen molar-refractivity contribution < 1.29 is 54.5 Å². The van der Waals surface area contributed by atoms with E-state index in [2.05, 4.69) is 29.0 Å². The van der Waals surface area contributed by atoms with Crippen molar-refractivity contribution in [2.45, 2.75) is 109 Å². The molecule has 0 unspecified atom stereocenters. The van der Waals surface area contributed by atoms with E-state index in [1.54, 1.807) is 0 Å². The van der Waals surface area contributed by atoms with Crippen LogP contribution in [0, 0.1) is 35.3 Å². The molecule has 1 heterocycles. The molecule has 0 amide bonds. The number of hydrogen-bond donors (Lipinski definition) is 0. The first-order valence-corrected chi connectivity index (χ1v) is 16.2. The highest BCUT2D eigenvalue weighted by Gasteiger charge is 2.46. The van der Waals surface area contributed by atoms with Crippen molar-refractivity contribution in [3.63, 3.8) is 0 Å². The molecule has 1 aromatic carbocycles. The third-order valence-corrected chi connectivity index (χ3v) is 9.11. The summed E-state index contributed by atoms with van der Waals surface area (Å²) in [5.41, 5.74) is -2.17. The van der Waals surface area contributed by atoms with Gasteiger partial charge in [0, 0.05) is 24.0 Å². The smallest absolute Gasteiger partial charge is 0.422 e. The lowest BCUT2D eigenvalue weighted by molar-refractivity contribution is -0.231. The summed E-state index contributed by atoms with van der Waals surface area (Å²) in [6, 6.07) is 0.193. The Bertz CT molecular complexity index is 1150. The third-order valence-electron chi connectivity index (χ3n) is 9.11. The van der Waals surface area contributed by atoms with Crippen LogP contribution in [0.4, 0.5) is 30.7 Å². The highest BCUT2D eigenvalue weighted by Crippen LogP contribution is 2.42. The average Bonchev–Trinajstić information content (AvgIpc) is 3.00. The molecule has 46 heavy (non-hydrogen) atoms. The van der Waals surface area contributed by atoms with Crippen molar-refractivity contribution in [2.75, 3.05) is 13.2 Å². The van der Waals surface area contributed by atoms with Gasteiger partial charge in [-0.05, 0) is 84.0 Å². The van der Waals surface area contributed by atoms with Gasteiger partial charge < -0.3 is 18.9 Å². The van der Waals surface area contributed by atoms with Crippen LogP contribution < -0.4 is 4.74 Å². The molecule has 4 rings (SSSR count). The van der Waals surface area contributed by atoms with Crippen molar-refractivity contribution in [2.24, 2.45) is 23.7 Å². The molecule has 5 nitrogen and oxygen atoms in total. The molecule has 1 aliphatic heterocycles. The van der Waals surface area contributed by atoms with E-state index in [0.717, 1.165) is 38.5 Å². The molecule has 0 bridgehead atoms. The monoisotopic (exact) mass is 664 g/mol. The number of unbranched alkanes of at least 4 members (excludes halogenated alkanes) is 1. The molecule has 3 fully saturated rings. The fraction of sp³-hybridized carbons (Fsp3) is 0.676. The summed E-state index contributed by atoms with van der Waals surface area (Å²) in [5, 5.41) is 0. The largest absolute Gasteiger partial charge is 0.462 e. The van der Waals surface area contributed by atoms with Crippen LogP contribution in [-0.4, -0.2) is 37.7 Å². The van der Waals surface area contributed by atoms with Gasteiger partial charge in [0.25, 0.3) is 0 Å². The van der Waals surface area contributed by atoms with Gasteiger partial charge in [-0.3, -0.25) is 4.79 Å². The van der Waals surface area contributed by atoms with Crippen molar-refractivity contribution in [1.82, 2.24) is 0 Å². The van der Waals surface area contributed by atoms with Crippen LogP contribution in [0.2, 0.25) is 0 Å². The zero-order chi connectivity index (χ0) is 33.3. The number of benzene rings is 1. The highest BCUT2D eigenvalue weighted by atomic mass is 19.4. The SMILES string of the molecule is C/C=C/CC/C=C/CCC1COC(C2CCC(C(=O)OC3CCC(C(F)(F)Oc4cc(F)c(C(F)(F)F)c(F)c4)CC3)CC2)OC1. The second kappa shape index (κ2) is 16.5. The molecule has 1 saturated heterocycles. The standard InChI is InChI=1S/C34H43F7O5/c1-2-3-4-5-6-7-8-9-22-20-43-32(44-21-22)24-12-10-23(11-13-24)31(42)45-26-16-14-25(15-17-26)34(40,41)46-27-18-28(35)30(29(36)19-27)33(37,38)39/h2-3,6-7,18-19,22-26,32H,4-5,8-17,20-21H2,1H3/b3-2+,7-6+. The minimum atomic E-state index is -5.32. The predicted octanol–water partition coefficient (Wildman–Crippen LogP) is 9.55. The lowest BCUT2D eigenvalue weighted by Crippen LogP contribution is -2.40. The molecule has 2 aliphatic carbocycles. The summed E-state index contributed by atoms with van der Waals surface area (Å²) < 4.78 is 118. The van der Waals surface area contributed by atoms with Gasteiger partial charge in [-0.15, -0.1) is 0 Å². The van der Waals surface area contributed by atoms with E-state index in [1.807, 2.05) is 6.92 Å². The lowest BCUT2D eigenvalue weighted by Gasteiger charge is -2.37. The van der Waals surface area contributed by atoms with E-state index in [0.29, 0.717) is 32.0 Å². The van der Waals surface area contributed by atoms with Crippen molar-refractivity contribution in [3.05, 3.63) is 53.6 Å². The van der Waals surface area contributed by atoms with Crippen LogP contribution in [0.3, 0.4) is 0 Å². The number of esters is 1. The first-order valence-electron chi connectivity index (χ1n) is 16.2. The zero-order valence-corrected chi connectivity index (χ0v) is 26.0. The number of halogens is 7. The van der Waals surface area contributed by atoms with Gasteiger partial charge in [-0.25, -0.2) is 8.78 Å². The molecular weight excluding hydrogens is 621 g/mol. The van der Waals surface area contributed by atoms with Gasteiger partial charge in [-0.2, -0.15) is 22.0 Å². The molecule has 0 aromatic heterocycles. The molecule has 258 valence electrons. The van der Waals surface area contributed by atoms with Crippen molar-refractivity contribution >= 4 is 5.97 Å². The number of carbonyl (C=O) groups excluding carboxylic acids is 1. The maximum Gasteiger partial charge on any atom is 0.422 e. The van der Waals surface area contributed by atoms with E-state index < -0.39 is 47.3 Å². The third kappa shape index (κ3) is 10.2. The summed E-state index contributed by atoms with van der Waals surface area (Å²) in [4.78, 5) is 12.9. The van der Waals surface area contributed by atoms with Crippen molar-refractivity contribution in [1.29, 1.82) is 0 Å². The van der Waals surface area contributed by atoms with Crippen LogP contribution in [0.15, 0.2) is 36.4 Å². The van der Waals surface area contributed by atoms with E-state index in [-0.39, 0.29) is 61.9 Å². The fourth-order valence-corrected chi connectivity index (χ4v) is 6.45. The van der Waals surface area contributed by atoms with E-state index in [9.17, 15) is 35.5 Å². The summed E-state index contributed by atoms with van der Waals surface area (Å²) in [6.07, 6.45) is 5.50. The number of hydrogen-bond acceptors (Lipinski definition) is 5. The molecule has 0 atom stereocenters. The molecule has 0 radical (unpaired) electrons. The maximum absolute atomic E-state index is 14.8. The van der Waals surface area contributed by atoms with Gasteiger partial charge in [0.05, 0.1) is 25.0 Å². The normalized spacial score (nSPS) is 28.1. The molecule has 12 heteroatoms. The average molecular weight is 665 g/mol. The summed E-state index contributed by atoms with van der Waals surface area (Å²) >= 11 is 0. The predicted molar refractivity (Wildman–Crippen MR) is 156 cm³/mol. The summed E-state index contributed by atoms with van der Waals surface area (Å²) in [6.45, 7) is 3.33. The van der Waals surface area contributed by atoms with Crippen LogP contribution in [0.25, 0.3) is 0 Å². The minimum absolute atomic E-state index is 0.0967. The molecule has 0 N–H and O–H groups in total. The Labute approximate surface area is 265 Å². The van der Waals surface area contributed by atoms with Gasteiger partial charge >= 0.3 is 18.3 Å². The molecular formula is C34H43F7O5. The summed E-state index contributed by atoms with van der Waals surface area (Å²) in [5.74, 6) is -6.59. The van der Waals surface area contributed by atoms with Crippen LogP contribution >= 0.6 is 0 Å². The Kier molecular flexibility index (Phi) is 13.0. The van der Waals surface area contributed by atoms with Gasteiger partial charge in [-0.1, -0.05) is 24.3 Å². The van der Waals surface area contributed by atoms with E-state index in [1.165, 1.54) is 0 Å². The topological polar surface area (TPSA) is 54.0 Å². The molecule has 3 aliphatic rings. The second-order valence-electron chi connectivity index (χ2n) is 12.5. The first-order chi connectivity index (χ1) is 21.9. The van der Waals surface area contributed by atoms with Gasteiger partial charge in [0.1, 0.15) is 29.1 Å². The number of ether oxygens (including phenoxy) is 4. The van der Waals surface area contributed by atoms with Crippen molar-refractivity contribution in [3.8, 4) is 5.75 Å². The highest BCUT2D eigenvalue weighted by molar-refractivity contribution is 5.72. The molecule has 0 spiro atoms. The Morgan fingerprint density at radius 1 is 0.848 bits per heavy atom. The Morgan fingerprint density at radius 2 is 1.43 bits per heavy atom. The molecule has 1 aromatic rings. The van der Waals surface area contributed by atoms with Crippen LogP contribution in [-0.2, 0) is 25.2 Å². The first kappa shape index (κ1) is 36.2. The van der Waals surface area contributed by atoms with Gasteiger partial charge in [0.15, 0.2) is 6.29 Å². The van der Waals surface area contributed by atoms with E-state index >= 15 is 0 Å². The second-order valence-corrected chi connectivity index (χ2v) is 12.5. The Balaban J connectivity index is 1.14. The van der Waals surface area contributed by atoms with Gasteiger partial charge in [0.2, 0.25) is 0 Å². The lowest BCUT2D eigenvalue weighted by atomic mass is 9.81. The fourth-order valence-electron chi connectivity index (χ4n) is 6.45. The summed E-state index contributed by atoms with van der Waals surface area (Å²) in [7, 11) is 0. The maximum atomic E-state index is 14.8. The number of carbonyl (C=O) groups is 1. The van der Waals surface area contributed by atoms with E-state index in [4.69, 9.17) is 14.2 Å². The number of alkyl halides is 5. The van der Waals surface area contributed by atoms with Crippen LogP contribution in [0.5, 0.6) is 5.75 Å². The Hall–Kier alpha value is -2.60.